The molecule has 2 atom stereocenters. The summed E-state index contributed by atoms with van der Waals surface area (Å²) >= 11 is 0. The van der Waals surface area contributed by atoms with E-state index in [9.17, 15) is 12.8 Å². The van der Waals surface area contributed by atoms with Gasteiger partial charge in [0.1, 0.15) is 5.82 Å². The van der Waals surface area contributed by atoms with Crippen LogP contribution < -0.4 is 4.90 Å². The monoisotopic (exact) mass is 465 g/mol. The van der Waals surface area contributed by atoms with Gasteiger partial charge in [0.05, 0.1) is 23.9 Å². The number of rotatable bonds is 9. The highest BCUT2D eigenvalue weighted by atomic mass is 32.2. The molecular formula is C23H32FN3O4S. The fourth-order valence-corrected chi connectivity index (χ4v) is 5.37. The molecule has 176 valence electrons. The molecule has 0 unspecified atom stereocenters. The largest absolute Gasteiger partial charge is 0.376 e. The van der Waals surface area contributed by atoms with Crippen molar-refractivity contribution in [2.45, 2.75) is 57.5 Å². The average Bonchev–Trinajstić information content (AvgIpc) is 3.37. The van der Waals surface area contributed by atoms with E-state index >= 15 is 0 Å². The lowest BCUT2D eigenvalue weighted by Crippen LogP contribution is -2.34. The lowest BCUT2D eigenvalue weighted by atomic mass is 9.91. The molecule has 0 amide bonds. The molecule has 2 aromatic rings. The van der Waals surface area contributed by atoms with Gasteiger partial charge in [0.15, 0.2) is 15.7 Å². The Balaban J connectivity index is 1.20. The van der Waals surface area contributed by atoms with Crippen molar-refractivity contribution in [2.24, 2.45) is 17.8 Å². The number of sulfone groups is 1. The van der Waals surface area contributed by atoms with E-state index in [4.69, 9.17) is 9.26 Å². The van der Waals surface area contributed by atoms with Crippen molar-refractivity contribution in [2.75, 3.05) is 30.3 Å². The molecule has 2 heterocycles. The Morgan fingerprint density at radius 3 is 2.66 bits per heavy atom. The minimum absolute atomic E-state index is 0.0239. The zero-order valence-corrected chi connectivity index (χ0v) is 19.8. The van der Waals surface area contributed by atoms with Crippen molar-refractivity contribution >= 4 is 15.9 Å². The Kier molecular flexibility index (Phi) is 6.86. The summed E-state index contributed by atoms with van der Waals surface area (Å²) in [6.07, 6.45) is 3.35. The first-order valence-corrected chi connectivity index (χ1v) is 13.1. The SMILES string of the molecule is CCS(=O)(=O)c1ccc(COC[C@@H]2C[C@@H]2C2CCN(c3nc(C(C)C)no3)CC2)c(F)c1. The van der Waals surface area contributed by atoms with Gasteiger partial charge in [-0.05, 0) is 49.1 Å². The minimum atomic E-state index is -3.40. The number of ether oxygens (including phenoxy) is 1. The zero-order valence-electron chi connectivity index (χ0n) is 19.0. The Morgan fingerprint density at radius 2 is 2.03 bits per heavy atom. The molecule has 32 heavy (non-hydrogen) atoms. The zero-order chi connectivity index (χ0) is 22.9. The maximum absolute atomic E-state index is 14.3. The Morgan fingerprint density at radius 1 is 1.28 bits per heavy atom. The molecule has 2 aliphatic rings. The molecule has 0 N–H and O–H groups in total. The quantitative estimate of drug-likeness (QED) is 0.549. The lowest BCUT2D eigenvalue weighted by Gasteiger charge is -2.30. The van der Waals surface area contributed by atoms with E-state index in [1.165, 1.54) is 12.1 Å². The van der Waals surface area contributed by atoms with Gasteiger partial charge >= 0.3 is 6.01 Å². The van der Waals surface area contributed by atoms with Gasteiger partial charge in [-0.25, -0.2) is 12.8 Å². The van der Waals surface area contributed by atoms with Gasteiger partial charge < -0.3 is 14.2 Å². The predicted octanol–water partition coefficient (Wildman–Crippen LogP) is 4.20. The Labute approximate surface area is 189 Å². The molecular weight excluding hydrogens is 433 g/mol. The van der Waals surface area contributed by atoms with E-state index in [1.807, 2.05) is 0 Å². The van der Waals surface area contributed by atoms with Gasteiger partial charge in [-0.1, -0.05) is 32.0 Å². The standard InChI is InChI=1S/C23H32FN3O4S/c1-4-32(28,29)19-6-5-17(21(24)12-19)13-30-14-18-11-20(18)16-7-9-27(10-8-16)23-25-22(15(2)3)26-31-23/h5-6,12,15-16,18,20H,4,7-11,13-14H2,1-3H3/t18-,20+/m0/s1. The third-order valence-corrected chi connectivity index (χ3v) is 8.43. The molecule has 1 aliphatic heterocycles. The summed E-state index contributed by atoms with van der Waals surface area (Å²) < 4.78 is 49.2. The van der Waals surface area contributed by atoms with Crippen LogP contribution in [0.15, 0.2) is 27.6 Å². The number of anilines is 1. The molecule has 2 fully saturated rings. The van der Waals surface area contributed by atoms with Crippen molar-refractivity contribution in [1.82, 2.24) is 10.1 Å². The molecule has 0 bridgehead atoms. The molecule has 4 rings (SSSR count). The normalized spacial score (nSPS) is 22.0. The first-order chi connectivity index (χ1) is 15.3. The average molecular weight is 466 g/mol. The van der Waals surface area contributed by atoms with Crippen molar-refractivity contribution in [3.8, 4) is 0 Å². The van der Waals surface area contributed by atoms with Gasteiger partial charge in [-0.15, -0.1) is 0 Å². The van der Waals surface area contributed by atoms with Crippen LogP contribution in [0.3, 0.4) is 0 Å². The summed E-state index contributed by atoms with van der Waals surface area (Å²) in [5.74, 6) is 2.28. The van der Waals surface area contributed by atoms with Crippen LogP contribution in [0.2, 0.25) is 0 Å². The van der Waals surface area contributed by atoms with E-state index in [0.717, 1.165) is 44.2 Å². The third kappa shape index (κ3) is 5.14. The first-order valence-electron chi connectivity index (χ1n) is 11.5. The van der Waals surface area contributed by atoms with Crippen molar-refractivity contribution < 1.29 is 22.1 Å². The van der Waals surface area contributed by atoms with E-state index < -0.39 is 15.7 Å². The molecule has 7 nitrogen and oxygen atoms in total. The smallest absolute Gasteiger partial charge is 0.324 e. The molecule has 0 radical (unpaired) electrons. The maximum atomic E-state index is 14.3. The van der Waals surface area contributed by atoms with E-state index in [1.54, 1.807) is 6.92 Å². The van der Waals surface area contributed by atoms with Crippen LogP contribution in [0.5, 0.6) is 0 Å². The summed E-state index contributed by atoms with van der Waals surface area (Å²) in [6.45, 7) is 8.27. The van der Waals surface area contributed by atoms with E-state index in [-0.39, 0.29) is 23.2 Å². The van der Waals surface area contributed by atoms with Crippen LogP contribution in [0, 0.1) is 23.6 Å². The second-order valence-corrected chi connectivity index (χ2v) is 11.5. The molecule has 9 heteroatoms. The van der Waals surface area contributed by atoms with Crippen LogP contribution in [-0.2, 0) is 21.2 Å². The van der Waals surface area contributed by atoms with Crippen LogP contribution >= 0.6 is 0 Å². The van der Waals surface area contributed by atoms with Crippen LogP contribution in [0.1, 0.15) is 57.3 Å². The third-order valence-electron chi connectivity index (χ3n) is 6.69. The van der Waals surface area contributed by atoms with Crippen molar-refractivity contribution in [1.29, 1.82) is 0 Å². The van der Waals surface area contributed by atoms with Crippen molar-refractivity contribution in [3.05, 3.63) is 35.4 Å². The van der Waals surface area contributed by atoms with Gasteiger partial charge in [-0.3, -0.25) is 0 Å². The van der Waals surface area contributed by atoms with Crippen LogP contribution in [0.25, 0.3) is 0 Å². The summed E-state index contributed by atoms with van der Waals surface area (Å²) in [4.78, 5) is 6.70. The molecule has 1 aromatic carbocycles. The number of aromatic nitrogens is 2. The van der Waals surface area contributed by atoms with Gasteiger partial charge in [0.2, 0.25) is 0 Å². The van der Waals surface area contributed by atoms with Gasteiger partial charge in [0, 0.05) is 24.6 Å². The van der Waals surface area contributed by atoms with Crippen LogP contribution in [-0.4, -0.2) is 44.0 Å². The number of hydrogen-bond acceptors (Lipinski definition) is 7. The molecule has 1 aromatic heterocycles. The fourth-order valence-electron chi connectivity index (χ4n) is 4.47. The second-order valence-electron chi connectivity index (χ2n) is 9.25. The highest BCUT2D eigenvalue weighted by Gasteiger charge is 2.43. The van der Waals surface area contributed by atoms with Crippen LogP contribution in [0.4, 0.5) is 10.4 Å². The number of nitrogens with zero attached hydrogens (tertiary/aromatic N) is 3. The van der Waals surface area contributed by atoms with E-state index in [2.05, 4.69) is 28.9 Å². The number of benzene rings is 1. The Hall–Kier alpha value is -2.00. The molecule has 1 saturated carbocycles. The fraction of sp³-hybridized carbons (Fsp3) is 0.652. The summed E-state index contributed by atoms with van der Waals surface area (Å²) in [6, 6.07) is 4.70. The number of hydrogen-bond donors (Lipinski definition) is 0. The highest BCUT2D eigenvalue weighted by molar-refractivity contribution is 7.91. The Bertz CT molecular complexity index is 1030. The number of halogens is 1. The summed E-state index contributed by atoms with van der Waals surface area (Å²) in [7, 11) is -3.40. The lowest BCUT2D eigenvalue weighted by molar-refractivity contribution is 0.102. The second kappa shape index (κ2) is 9.47. The highest BCUT2D eigenvalue weighted by Crippen LogP contribution is 2.48. The summed E-state index contributed by atoms with van der Waals surface area (Å²) in [5.41, 5.74) is 0.394. The van der Waals surface area contributed by atoms with Gasteiger partial charge in [-0.2, -0.15) is 4.98 Å². The molecule has 1 saturated heterocycles. The van der Waals surface area contributed by atoms with Gasteiger partial charge in [0.25, 0.3) is 0 Å². The number of piperidine rings is 1. The predicted molar refractivity (Wildman–Crippen MR) is 119 cm³/mol. The molecule has 0 spiro atoms. The minimum Gasteiger partial charge on any atom is -0.376 e. The molecule has 1 aliphatic carbocycles. The van der Waals surface area contributed by atoms with Crippen molar-refractivity contribution in [3.63, 3.8) is 0 Å². The van der Waals surface area contributed by atoms with E-state index in [0.29, 0.717) is 35.9 Å². The summed E-state index contributed by atoms with van der Waals surface area (Å²) in [5, 5.41) is 4.05. The first kappa shape index (κ1) is 23.2. The maximum Gasteiger partial charge on any atom is 0.324 e. The topological polar surface area (TPSA) is 85.5 Å².